The summed E-state index contributed by atoms with van der Waals surface area (Å²) in [5, 5.41) is 3.92. The lowest BCUT2D eigenvalue weighted by Crippen LogP contribution is -2.35. The van der Waals surface area contributed by atoms with Gasteiger partial charge in [0.25, 0.3) is 0 Å². The van der Waals surface area contributed by atoms with Gasteiger partial charge in [-0.15, -0.1) is 0 Å². The molecular formula is C11H17ClN2O. The van der Waals surface area contributed by atoms with Crippen molar-refractivity contribution >= 4 is 11.6 Å². The van der Waals surface area contributed by atoms with Crippen molar-refractivity contribution in [2.75, 3.05) is 19.7 Å². The van der Waals surface area contributed by atoms with Crippen LogP contribution in [0.2, 0.25) is 5.02 Å². The molecule has 0 aliphatic heterocycles. The summed E-state index contributed by atoms with van der Waals surface area (Å²) in [6, 6.07) is 7.70. The van der Waals surface area contributed by atoms with Crippen molar-refractivity contribution in [3.63, 3.8) is 0 Å². The molecule has 15 heavy (non-hydrogen) atoms. The molecule has 1 aromatic carbocycles. The van der Waals surface area contributed by atoms with Crippen LogP contribution in [-0.2, 0) is 0 Å². The fraction of sp³-hybridized carbons (Fsp3) is 0.455. The van der Waals surface area contributed by atoms with Crippen molar-refractivity contribution in [3.8, 4) is 5.75 Å². The fourth-order valence-corrected chi connectivity index (χ4v) is 1.29. The summed E-state index contributed by atoms with van der Waals surface area (Å²) >= 11 is 5.82. The van der Waals surface area contributed by atoms with Gasteiger partial charge in [-0.1, -0.05) is 17.7 Å². The number of ether oxygens (including phenoxy) is 1. The number of rotatable bonds is 6. The Labute approximate surface area is 95.6 Å². The van der Waals surface area contributed by atoms with Crippen LogP contribution >= 0.6 is 11.6 Å². The predicted octanol–water partition coefficient (Wildman–Crippen LogP) is 1.66. The van der Waals surface area contributed by atoms with Gasteiger partial charge in [0.05, 0.1) is 0 Å². The van der Waals surface area contributed by atoms with Crippen molar-refractivity contribution in [1.29, 1.82) is 0 Å². The largest absolute Gasteiger partial charge is 0.492 e. The van der Waals surface area contributed by atoms with Gasteiger partial charge in [-0.25, -0.2) is 0 Å². The lowest BCUT2D eigenvalue weighted by molar-refractivity contribution is 0.307. The monoisotopic (exact) mass is 228 g/mol. The average molecular weight is 229 g/mol. The van der Waals surface area contributed by atoms with E-state index in [2.05, 4.69) is 5.32 Å². The van der Waals surface area contributed by atoms with Gasteiger partial charge < -0.3 is 15.8 Å². The zero-order valence-corrected chi connectivity index (χ0v) is 9.63. The van der Waals surface area contributed by atoms with Crippen LogP contribution in [0.25, 0.3) is 0 Å². The molecule has 0 aliphatic rings. The molecule has 3 N–H and O–H groups in total. The Morgan fingerprint density at radius 3 is 3.00 bits per heavy atom. The molecule has 0 bridgehead atoms. The highest BCUT2D eigenvalue weighted by Gasteiger charge is 1.97. The number of nitrogens with two attached hydrogens (primary N) is 1. The van der Waals surface area contributed by atoms with Crippen molar-refractivity contribution < 1.29 is 4.74 Å². The molecule has 0 saturated carbocycles. The van der Waals surface area contributed by atoms with Crippen LogP contribution in [0.1, 0.15) is 6.92 Å². The minimum absolute atomic E-state index is 0.327. The summed E-state index contributed by atoms with van der Waals surface area (Å²) in [6.45, 7) is 4.08. The quantitative estimate of drug-likeness (QED) is 0.728. The van der Waals surface area contributed by atoms with E-state index >= 15 is 0 Å². The van der Waals surface area contributed by atoms with Gasteiger partial charge in [0.1, 0.15) is 12.4 Å². The molecule has 0 spiro atoms. The Morgan fingerprint density at radius 2 is 2.33 bits per heavy atom. The normalized spacial score (nSPS) is 12.5. The van der Waals surface area contributed by atoms with Crippen molar-refractivity contribution in [1.82, 2.24) is 5.32 Å². The Hall–Kier alpha value is -0.770. The summed E-state index contributed by atoms with van der Waals surface area (Å²) in [4.78, 5) is 0. The van der Waals surface area contributed by atoms with E-state index in [9.17, 15) is 0 Å². The highest BCUT2D eigenvalue weighted by molar-refractivity contribution is 6.30. The first-order valence-electron chi connectivity index (χ1n) is 5.04. The number of halogens is 1. The molecule has 0 aliphatic carbocycles. The molecule has 0 saturated heterocycles. The molecule has 4 heteroatoms. The van der Waals surface area contributed by atoms with Gasteiger partial charge in [-0.2, -0.15) is 0 Å². The van der Waals surface area contributed by atoms with Crippen molar-refractivity contribution in [2.45, 2.75) is 13.0 Å². The highest BCUT2D eigenvalue weighted by atomic mass is 35.5. The maximum atomic E-state index is 5.82. The standard InChI is InChI=1S/C11H17ClN2O/c1-9(8-13)14-5-6-15-11-4-2-3-10(12)7-11/h2-4,7,9,14H,5-6,8,13H2,1H3/t9-/m1/s1. The summed E-state index contributed by atoms with van der Waals surface area (Å²) in [7, 11) is 0. The van der Waals surface area contributed by atoms with Crippen molar-refractivity contribution in [3.05, 3.63) is 29.3 Å². The molecule has 0 heterocycles. The predicted molar refractivity (Wildman–Crippen MR) is 63.5 cm³/mol. The fourth-order valence-electron chi connectivity index (χ4n) is 1.11. The van der Waals surface area contributed by atoms with Gasteiger partial charge in [-0.05, 0) is 25.1 Å². The van der Waals surface area contributed by atoms with E-state index in [1.807, 2.05) is 25.1 Å². The van der Waals surface area contributed by atoms with Crippen LogP contribution in [0.5, 0.6) is 5.75 Å². The van der Waals surface area contributed by atoms with Gasteiger partial charge >= 0.3 is 0 Å². The van der Waals surface area contributed by atoms with E-state index in [0.29, 0.717) is 24.2 Å². The average Bonchev–Trinajstić information content (AvgIpc) is 2.24. The second kappa shape index (κ2) is 6.67. The smallest absolute Gasteiger partial charge is 0.120 e. The zero-order valence-electron chi connectivity index (χ0n) is 8.87. The van der Waals surface area contributed by atoms with Gasteiger partial charge in [-0.3, -0.25) is 0 Å². The number of benzene rings is 1. The Morgan fingerprint density at radius 1 is 1.53 bits per heavy atom. The first kappa shape index (κ1) is 12.3. The number of hydrogen-bond donors (Lipinski definition) is 2. The lowest BCUT2D eigenvalue weighted by Gasteiger charge is -2.11. The van der Waals surface area contributed by atoms with Crippen LogP contribution in [0, 0.1) is 0 Å². The van der Waals surface area contributed by atoms with E-state index < -0.39 is 0 Å². The van der Waals surface area contributed by atoms with E-state index in [1.54, 1.807) is 6.07 Å². The van der Waals surface area contributed by atoms with E-state index in [1.165, 1.54) is 0 Å². The maximum Gasteiger partial charge on any atom is 0.120 e. The molecule has 84 valence electrons. The highest BCUT2D eigenvalue weighted by Crippen LogP contribution is 2.16. The molecule has 1 atom stereocenters. The van der Waals surface area contributed by atoms with Crippen molar-refractivity contribution in [2.24, 2.45) is 5.73 Å². The van der Waals surface area contributed by atoms with Crippen LogP contribution in [0.3, 0.4) is 0 Å². The van der Waals surface area contributed by atoms with Crippen LogP contribution in [0.15, 0.2) is 24.3 Å². The zero-order chi connectivity index (χ0) is 11.1. The molecule has 0 fully saturated rings. The van der Waals surface area contributed by atoms with E-state index in [0.717, 1.165) is 12.3 Å². The first-order valence-corrected chi connectivity index (χ1v) is 5.42. The van der Waals surface area contributed by atoms with Crippen LogP contribution < -0.4 is 15.8 Å². The topological polar surface area (TPSA) is 47.3 Å². The molecule has 3 nitrogen and oxygen atoms in total. The third-order valence-corrected chi connectivity index (χ3v) is 2.25. The summed E-state index contributed by atoms with van der Waals surface area (Å²) in [5.41, 5.74) is 5.46. The molecule has 1 aromatic rings. The van der Waals surface area contributed by atoms with Crippen LogP contribution in [0.4, 0.5) is 0 Å². The number of hydrogen-bond acceptors (Lipinski definition) is 3. The van der Waals surface area contributed by atoms with Gasteiger partial charge in [0.15, 0.2) is 0 Å². The third kappa shape index (κ3) is 5.02. The van der Waals surface area contributed by atoms with Crippen LogP contribution in [-0.4, -0.2) is 25.7 Å². The maximum absolute atomic E-state index is 5.82. The molecule has 1 rings (SSSR count). The molecule has 0 aromatic heterocycles. The Balaban J connectivity index is 2.20. The van der Waals surface area contributed by atoms with E-state index in [4.69, 9.17) is 22.1 Å². The molecule has 0 amide bonds. The molecule has 0 radical (unpaired) electrons. The summed E-state index contributed by atoms with van der Waals surface area (Å²) in [6.07, 6.45) is 0. The summed E-state index contributed by atoms with van der Waals surface area (Å²) < 4.78 is 5.49. The molecular weight excluding hydrogens is 212 g/mol. The van der Waals surface area contributed by atoms with E-state index in [-0.39, 0.29) is 0 Å². The second-order valence-corrected chi connectivity index (χ2v) is 3.83. The SMILES string of the molecule is C[C@H](CN)NCCOc1cccc(Cl)c1. The van der Waals surface area contributed by atoms with Gasteiger partial charge in [0, 0.05) is 24.2 Å². The van der Waals surface area contributed by atoms with Gasteiger partial charge in [0.2, 0.25) is 0 Å². The minimum Gasteiger partial charge on any atom is -0.492 e. The Bertz CT molecular complexity index is 294. The lowest BCUT2D eigenvalue weighted by atomic mass is 10.3. The number of nitrogens with one attached hydrogen (secondary N) is 1. The minimum atomic E-state index is 0.327. The second-order valence-electron chi connectivity index (χ2n) is 3.40. The third-order valence-electron chi connectivity index (χ3n) is 2.01. The summed E-state index contributed by atoms with van der Waals surface area (Å²) in [5.74, 6) is 0.796. The Kier molecular flexibility index (Phi) is 5.47. The first-order chi connectivity index (χ1) is 7.22. The molecule has 0 unspecified atom stereocenters.